The second-order valence-corrected chi connectivity index (χ2v) is 8.74. The number of rotatable bonds is 1. The van der Waals surface area contributed by atoms with Gasteiger partial charge in [-0.3, -0.25) is 0 Å². The first-order chi connectivity index (χ1) is 13.3. The Labute approximate surface area is 168 Å². The van der Waals surface area contributed by atoms with E-state index in [0.717, 1.165) is 4.47 Å². The second-order valence-electron chi connectivity index (χ2n) is 6.77. The van der Waals surface area contributed by atoms with Crippen LogP contribution in [0.3, 0.4) is 0 Å². The number of benzene rings is 4. The average Bonchev–Trinajstić information content (AvgIpc) is 3.24. The molecule has 6 rings (SSSR count). The SMILES string of the molecule is Brc1ccc2sc3c(ccc4c5ccccc5n(-c5ccccc5)c43)c2c1. The van der Waals surface area contributed by atoms with Gasteiger partial charge in [0, 0.05) is 36.4 Å². The molecule has 0 aliphatic heterocycles. The van der Waals surface area contributed by atoms with Crippen LogP contribution in [0.2, 0.25) is 0 Å². The lowest BCUT2D eigenvalue weighted by Crippen LogP contribution is -1.92. The molecule has 0 saturated heterocycles. The Kier molecular flexibility index (Phi) is 3.25. The smallest absolute Gasteiger partial charge is 0.0719 e. The summed E-state index contributed by atoms with van der Waals surface area (Å²) in [5.74, 6) is 0. The van der Waals surface area contributed by atoms with Gasteiger partial charge in [-0.15, -0.1) is 11.3 Å². The molecule has 0 aliphatic rings. The Bertz CT molecular complexity index is 1470. The van der Waals surface area contributed by atoms with Crippen LogP contribution in [0.25, 0.3) is 47.7 Å². The van der Waals surface area contributed by atoms with Crippen LogP contribution in [-0.2, 0) is 0 Å². The highest BCUT2D eigenvalue weighted by molar-refractivity contribution is 9.10. The fourth-order valence-electron chi connectivity index (χ4n) is 4.10. The molecule has 2 heterocycles. The Morgan fingerprint density at radius 1 is 0.667 bits per heavy atom. The first-order valence-corrected chi connectivity index (χ1v) is 10.5. The van der Waals surface area contributed by atoms with E-state index < -0.39 is 0 Å². The Balaban J connectivity index is 1.90. The van der Waals surface area contributed by atoms with E-state index >= 15 is 0 Å². The minimum Gasteiger partial charge on any atom is -0.308 e. The van der Waals surface area contributed by atoms with Gasteiger partial charge in [-0.25, -0.2) is 0 Å². The van der Waals surface area contributed by atoms with Gasteiger partial charge in [-0.2, -0.15) is 0 Å². The van der Waals surface area contributed by atoms with Crippen molar-refractivity contribution in [3.05, 3.63) is 89.4 Å². The maximum absolute atomic E-state index is 3.63. The van der Waals surface area contributed by atoms with Gasteiger partial charge in [0.2, 0.25) is 0 Å². The molecule has 1 nitrogen and oxygen atoms in total. The lowest BCUT2D eigenvalue weighted by molar-refractivity contribution is 1.19. The highest BCUT2D eigenvalue weighted by Crippen LogP contribution is 2.43. The van der Waals surface area contributed by atoms with E-state index in [1.54, 1.807) is 0 Å². The summed E-state index contributed by atoms with van der Waals surface area (Å²) in [5, 5.41) is 5.25. The lowest BCUT2D eigenvalue weighted by atomic mass is 10.1. The van der Waals surface area contributed by atoms with Gasteiger partial charge in [-0.1, -0.05) is 64.5 Å². The Morgan fingerprint density at radius 2 is 1.44 bits per heavy atom. The quantitative estimate of drug-likeness (QED) is 0.251. The molecule has 0 bridgehead atoms. The van der Waals surface area contributed by atoms with Gasteiger partial charge in [-0.05, 0) is 36.4 Å². The third kappa shape index (κ3) is 2.16. The van der Waals surface area contributed by atoms with Gasteiger partial charge in [0.15, 0.2) is 0 Å². The predicted molar refractivity (Wildman–Crippen MR) is 121 cm³/mol. The zero-order valence-corrected chi connectivity index (χ0v) is 16.7. The summed E-state index contributed by atoms with van der Waals surface area (Å²) in [6, 6.07) is 30.5. The molecular weight excluding hydrogens is 414 g/mol. The van der Waals surface area contributed by atoms with Crippen molar-refractivity contribution in [2.75, 3.05) is 0 Å². The molecule has 0 N–H and O–H groups in total. The van der Waals surface area contributed by atoms with Gasteiger partial charge < -0.3 is 4.57 Å². The largest absolute Gasteiger partial charge is 0.308 e. The third-order valence-corrected chi connectivity index (χ3v) is 6.93. The van der Waals surface area contributed by atoms with Crippen molar-refractivity contribution in [2.45, 2.75) is 0 Å². The van der Waals surface area contributed by atoms with Crippen molar-refractivity contribution >= 4 is 69.2 Å². The molecule has 0 aliphatic carbocycles. The summed E-state index contributed by atoms with van der Waals surface area (Å²) in [5.41, 5.74) is 3.76. The topological polar surface area (TPSA) is 4.93 Å². The number of para-hydroxylation sites is 2. The fourth-order valence-corrected chi connectivity index (χ4v) is 5.68. The van der Waals surface area contributed by atoms with Gasteiger partial charge in [0.1, 0.15) is 0 Å². The number of hydrogen-bond donors (Lipinski definition) is 0. The van der Waals surface area contributed by atoms with Crippen molar-refractivity contribution in [1.82, 2.24) is 4.57 Å². The average molecular weight is 428 g/mol. The van der Waals surface area contributed by atoms with Crippen molar-refractivity contribution in [3.8, 4) is 5.69 Å². The van der Waals surface area contributed by atoms with Crippen molar-refractivity contribution in [2.24, 2.45) is 0 Å². The molecule has 4 aromatic carbocycles. The van der Waals surface area contributed by atoms with Crippen LogP contribution in [0.4, 0.5) is 0 Å². The van der Waals surface area contributed by atoms with Crippen LogP contribution >= 0.6 is 27.3 Å². The van der Waals surface area contributed by atoms with E-state index in [1.165, 1.54) is 47.7 Å². The zero-order valence-electron chi connectivity index (χ0n) is 14.3. The molecule has 6 aromatic rings. The predicted octanol–water partition coefficient (Wildman–Crippen LogP) is 7.91. The summed E-state index contributed by atoms with van der Waals surface area (Å²) in [6.45, 7) is 0. The summed E-state index contributed by atoms with van der Waals surface area (Å²) in [6.07, 6.45) is 0. The summed E-state index contributed by atoms with van der Waals surface area (Å²) in [7, 11) is 0. The Hall–Kier alpha value is -2.62. The van der Waals surface area contributed by atoms with Crippen LogP contribution in [0.1, 0.15) is 0 Å². The molecular formula is C24H14BrNS. The lowest BCUT2D eigenvalue weighted by Gasteiger charge is -2.08. The van der Waals surface area contributed by atoms with E-state index in [9.17, 15) is 0 Å². The van der Waals surface area contributed by atoms with Crippen molar-refractivity contribution in [1.29, 1.82) is 0 Å². The Morgan fingerprint density at radius 3 is 2.33 bits per heavy atom. The highest BCUT2D eigenvalue weighted by atomic mass is 79.9. The van der Waals surface area contributed by atoms with Crippen LogP contribution in [-0.4, -0.2) is 4.57 Å². The molecule has 0 fully saturated rings. The molecule has 0 amide bonds. The molecule has 3 heteroatoms. The number of fused-ring (bicyclic) bond motifs is 7. The summed E-state index contributed by atoms with van der Waals surface area (Å²) >= 11 is 5.51. The van der Waals surface area contributed by atoms with E-state index in [2.05, 4.69) is 105 Å². The first-order valence-electron chi connectivity index (χ1n) is 8.90. The molecule has 27 heavy (non-hydrogen) atoms. The molecule has 0 spiro atoms. The van der Waals surface area contributed by atoms with Crippen molar-refractivity contribution in [3.63, 3.8) is 0 Å². The van der Waals surface area contributed by atoms with Crippen LogP contribution < -0.4 is 0 Å². The standard InChI is InChI=1S/C24H14BrNS/c25-15-10-13-22-20(14-15)19-12-11-18-17-8-4-5-9-21(17)26(23(18)24(19)27-22)16-6-2-1-3-7-16/h1-14H. The minimum absolute atomic E-state index is 1.12. The number of thiophene rings is 1. The van der Waals surface area contributed by atoms with Crippen LogP contribution in [0.5, 0.6) is 0 Å². The van der Waals surface area contributed by atoms with E-state index in [-0.39, 0.29) is 0 Å². The minimum atomic E-state index is 1.12. The molecule has 0 radical (unpaired) electrons. The van der Waals surface area contributed by atoms with Gasteiger partial charge in [0.05, 0.1) is 15.7 Å². The van der Waals surface area contributed by atoms with E-state index in [0.29, 0.717) is 0 Å². The number of nitrogens with zero attached hydrogens (tertiary/aromatic N) is 1. The van der Waals surface area contributed by atoms with E-state index in [4.69, 9.17) is 0 Å². The van der Waals surface area contributed by atoms with Crippen LogP contribution in [0.15, 0.2) is 89.4 Å². The molecule has 2 aromatic heterocycles. The maximum Gasteiger partial charge on any atom is 0.0719 e. The normalized spacial score (nSPS) is 11.9. The van der Waals surface area contributed by atoms with E-state index in [1.807, 2.05) is 11.3 Å². The highest BCUT2D eigenvalue weighted by Gasteiger charge is 2.17. The van der Waals surface area contributed by atoms with Crippen molar-refractivity contribution < 1.29 is 0 Å². The van der Waals surface area contributed by atoms with Gasteiger partial charge in [0.25, 0.3) is 0 Å². The second kappa shape index (κ2) is 5.69. The molecule has 0 atom stereocenters. The zero-order chi connectivity index (χ0) is 18.0. The molecule has 0 unspecified atom stereocenters. The number of hydrogen-bond acceptors (Lipinski definition) is 1. The molecule has 0 saturated carbocycles. The number of halogens is 1. The third-order valence-electron chi connectivity index (χ3n) is 5.25. The molecule has 128 valence electrons. The maximum atomic E-state index is 3.63. The fraction of sp³-hybridized carbons (Fsp3) is 0. The monoisotopic (exact) mass is 427 g/mol. The van der Waals surface area contributed by atoms with Crippen LogP contribution in [0, 0.1) is 0 Å². The van der Waals surface area contributed by atoms with Gasteiger partial charge >= 0.3 is 0 Å². The number of aromatic nitrogens is 1. The summed E-state index contributed by atoms with van der Waals surface area (Å²) in [4.78, 5) is 0. The first kappa shape index (κ1) is 15.4. The summed E-state index contributed by atoms with van der Waals surface area (Å²) < 4.78 is 6.21.